The third kappa shape index (κ3) is 8.19. The van der Waals surface area contributed by atoms with Crippen LogP contribution in [-0.4, -0.2) is 25.2 Å². The third-order valence-corrected chi connectivity index (χ3v) is 2.94. The van der Waals surface area contributed by atoms with Gasteiger partial charge in [0.25, 0.3) is 0 Å². The van der Waals surface area contributed by atoms with E-state index in [1.165, 1.54) is 32.1 Å². The summed E-state index contributed by atoms with van der Waals surface area (Å²) in [4.78, 5) is 11.5. The average molecular weight is 243 g/mol. The first-order valence-corrected chi connectivity index (χ1v) is 7.05. The molecule has 0 heterocycles. The highest BCUT2D eigenvalue weighted by Gasteiger charge is 2.15. The molecule has 0 aliphatic rings. The first kappa shape index (κ1) is 16.4. The molecular weight excluding hydrogens is 214 g/mol. The van der Waals surface area contributed by atoms with Gasteiger partial charge in [0.2, 0.25) is 0 Å². The Kier molecular flexibility index (Phi) is 10.2. The van der Waals surface area contributed by atoms with Gasteiger partial charge in [0.1, 0.15) is 0 Å². The van der Waals surface area contributed by atoms with E-state index in [4.69, 9.17) is 4.74 Å². The lowest BCUT2D eigenvalue weighted by Crippen LogP contribution is -2.35. The SMILES string of the molecule is CCCCC(CCC)NCC(C)C(=O)OCC. The van der Waals surface area contributed by atoms with E-state index in [2.05, 4.69) is 19.2 Å². The molecule has 0 fully saturated rings. The molecule has 0 spiro atoms. The van der Waals surface area contributed by atoms with Crippen molar-refractivity contribution < 1.29 is 9.53 Å². The topological polar surface area (TPSA) is 38.3 Å². The molecule has 0 saturated carbocycles. The second kappa shape index (κ2) is 10.6. The van der Waals surface area contributed by atoms with Gasteiger partial charge in [0.05, 0.1) is 12.5 Å². The molecule has 1 N–H and O–H groups in total. The highest BCUT2D eigenvalue weighted by Crippen LogP contribution is 2.08. The lowest BCUT2D eigenvalue weighted by molar-refractivity contribution is -0.147. The monoisotopic (exact) mass is 243 g/mol. The van der Waals surface area contributed by atoms with Gasteiger partial charge in [-0.2, -0.15) is 0 Å². The van der Waals surface area contributed by atoms with Gasteiger partial charge >= 0.3 is 5.97 Å². The molecular formula is C14H29NO2. The van der Waals surface area contributed by atoms with Crippen molar-refractivity contribution in [2.45, 2.75) is 65.8 Å². The van der Waals surface area contributed by atoms with Crippen LogP contribution in [0.5, 0.6) is 0 Å². The number of hydrogen-bond acceptors (Lipinski definition) is 3. The van der Waals surface area contributed by atoms with Crippen molar-refractivity contribution in [3.63, 3.8) is 0 Å². The third-order valence-electron chi connectivity index (χ3n) is 2.94. The number of ether oxygens (including phenoxy) is 1. The molecule has 0 amide bonds. The Morgan fingerprint density at radius 2 is 1.88 bits per heavy atom. The first-order valence-electron chi connectivity index (χ1n) is 7.05. The molecule has 0 saturated heterocycles. The van der Waals surface area contributed by atoms with E-state index in [-0.39, 0.29) is 11.9 Å². The van der Waals surface area contributed by atoms with Crippen molar-refractivity contribution in [1.29, 1.82) is 0 Å². The molecule has 0 bridgehead atoms. The van der Waals surface area contributed by atoms with E-state index in [0.717, 1.165) is 6.54 Å². The van der Waals surface area contributed by atoms with Crippen LogP contribution in [0.2, 0.25) is 0 Å². The van der Waals surface area contributed by atoms with Crippen molar-refractivity contribution in [3.8, 4) is 0 Å². The van der Waals surface area contributed by atoms with E-state index >= 15 is 0 Å². The zero-order valence-corrected chi connectivity index (χ0v) is 11.9. The molecule has 0 rings (SSSR count). The van der Waals surface area contributed by atoms with Gasteiger partial charge in [-0.15, -0.1) is 0 Å². The standard InChI is InChI=1S/C14H29NO2/c1-5-8-10-13(9-6-2)15-11-12(4)14(16)17-7-3/h12-13,15H,5-11H2,1-4H3. The summed E-state index contributed by atoms with van der Waals surface area (Å²) in [5.74, 6) is -0.137. The summed E-state index contributed by atoms with van der Waals surface area (Å²) in [6.45, 7) is 9.39. The molecule has 0 radical (unpaired) electrons. The van der Waals surface area contributed by atoms with Gasteiger partial charge in [-0.1, -0.05) is 40.0 Å². The summed E-state index contributed by atoms with van der Waals surface area (Å²) in [7, 11) is 0. The highest BCUT2D eigenvalue weighted by atomic mass is 16.5. The van der Waals surface area contributed by atoms with Crippen LogP contribution in [-0.2, 0) is 9.53 Å². The van der Waals surface area contributed by atoms with Gasteiger partial charge < -0.3 is 10.1 Å². The molecule has 0 aliphatic carbocycles. The van der Waals surface area contributed by atoms with Crippen LogP contribution < -0.4 is 5.32 Å². The summed E-state index contributed by atoms with van der Waals surface area (Å²) in [6.07, 6.45) is 6.07. The number of carbonyl (C=O) groups is 1. The number of carbonyl (C=O) groups excluding carboxylic acids is 1. The van der Waals surface area contributed by atoms with E-state index in [1.807, 2.05) is 13.8 Å². The van der Waals surface area contributed by atoms with E-state index in [1.54, 1.807) is 0 Å². The Hall–Kier alpha value is -0.570. The fourth-order valence-corrected chi connectivity index (χ4v) is 1.86. The summed E-state index contributed by atoms with van der Waals surface area (Å²) in [6, 6.07) is 0.553. The maximum absolute atomic E-state index is 11.5. The molecule has 3 heteroatoms. The minimum atomic E-state index is -0.0919. The summed E-state index contributed by atoms with van der Waals surface area (Å²) in [5.41, 5.74) is 0. The fraction of sp³-hybridized carbons (Fsp3) is 0.929. The van der Waals surface area contributed by atoms with Crippen LogP contribution in [0.3, 0.4) is 0 Å². The zero-order valence-electron chi connectivity index (χ0n) is 11.9. The van der Waals surface area contributed by atoms with Gasteiger partial charge in [0.15, 0.2) is 0 Å². The molecule has 0 aromatic carbocycles. The molecule has 102 valence electrons. The predicted molar refractivity (Wildman–Crippen MR) is 72.0 cm³/mol. The molecule has 17 heavy (non-hydrogen) atoms. The minimum Gasteiger partial charge on any atom is -0.466 e. The Labute approximate surface area is 106 Å². The molecule has 0 aliphatic heterocycles. The Bertz CT molecular complexity index is 195. The van der Waals surface area contributed by atoms with Crippen molar-refractivity contribution in [2.24, 2.45) is 5.92 Å². The van der Waals surface area contributed by atoms with Crippen LogP contribution in [0.1, 0.15) is 59.8 Å². The molecule has 2 atom stereocenters. The quantitative estimate of drug-likeness (QED) is 0.599. The largest absolute Gasteiger partial charge is 0.466 e. The smallest absolute Gasteiger partial charge is 0.309 e. The Morgan fingerprint density at radius 1 is 1.18 bits per heavy atom. The van der Waals surface area contributed by atoms with E-state index in [0.29, 0.717) is 12.6 Å². The minimum absolute atomic E-state index is 0.0454. The predicted octanol–water partition coefficient (Wildman–Crippen LogP) is 3.13. The lowest BCUT2D eigenvalue weighted by Gasteiger charge is -2.20. The highest BCUT2D eigenvalue weighted by molar-refractivity contribution is 5.72. The number of rotatable bonds is 10. The number of nitrogens with one attached hydrogen (secondary N) is 1. The number of unbranched alkanes of at least 4 members (excludes halogenated alkanes) is 1. The molecule has 3 nitrogen and oxygen atoms in total. The number of hydrogen-bond donors (Lipinski definition) is 1. The van der Waals surface area contributed by atoms with Crippen molar-refractivity contribution in [1.82, 2.24) is 5.32 Å². The van der Waals surface area contributed by atoms with Crippen molar-refractivity contribution >= 4 is 5.97 Å². The van der Waals surface area contributed by atoms with Crippen LogP contribution in [0.15, 0.2) is 0 Å². The van der Waals surface area contributed by atoms with Crippen LogP contribution in [0.4, 0.5) is 0 Å². The van der Waals surface area contributed by atoms with E-state index in [9.17, 15) is 4.79 Å². The van der Waals surface area contributed by atoms with Crippen molar-refractivity contribution in [2.75, 3.05) is 13.2 Å². The van der Waals surface area contributed by atoms with Crippen LogP contribution in [0.25, 0.3) is 0 Å². The average Bonchev–Trinajstić information content (AvgIpc) is 2.32. The van der Waals surface area contributed by atoms with Gasteiger partial charge in [0, 0.05) is 12.6 Å². The normalized spacial score (nSPS) is 14.4. The summed E-state index contributed by atoms with van der Waals surface area (Å²) >= 11 is 0. The van der Waals surface area contributed by atoms with Gasteiger partial charge in [-0.05, 0) is 19.8 Å². The first-order chi connectivity index (χ1) is 8.15. The van der Waals surface area contributed by atoms with Crippen LogP contribution in [0, 0.1) is 5.92 Å². The summed E-state index contributed by atoms with van der Waals surface area (Å²) < 4.78 is 5.00. The number of esters is 1. The van der Waals surface area contributed by atoms with Gasteiger partial charge in [-0.3, -0.25) is 4.79 Å². The Balaban J connectivity index is 3.88. The maximum atomic E-state index is 11.5. The summed E-state index contributed by atoms with van der Waals surface area (Å²) in [5, 5.41) is 3.49. The second-order valence-electron chi connectivity index (χ2n) is 4.69. The fourth-order valence-electron chi connectivity index (χ4n) is 1.86. The van der Waals surface area contributed by atoms with Gasteiger partial charge in [-0.25, -0.2) is 0 Å². The molecule has 0 aromatic rings. The second-order valence-corrected chi connectivity index (χ2v) is 4.69. The van der Waals surface area contributed by atoms with E-state index < -0.39 is 0 Å². The zero-order chi connectivity index (χ0) is 13.1. The molecule has 0 aromatic heterocycles. The Morgan fingerprint density at radius 3 is 2.41 bits per heavy atom. The molecule has 2 unspecified atom stereocenters. The van der Waals surface area contributed by atoms with Crippen molar-refractivity contribution in [3.05, 3.63) is 0 Å². The van der Waals surface area contributed by atoms with Crippen LogP contribution >= 0.6 is 0 Å². The lowest BCUT2D eigenvalue weighted by atomic mass is 10.0. The maximum Gasteiger partial charge on any atom is 0.309 e.